The molecule has 17 heavy (non-hydrogen) atoms. The van der Waals surface area contributed by atoms with Gasteiger partial charge >= 0.3 is 0 Å². The van der Waals surface area contributed by atoms with Gasteiger partial charge in [-0.2, -0.15) is 16.2 Å². The van der Waals surface area contributed by atoms with E-state index in [1.165, 1.54) is 0 Å². The first kappa shape index (κ1) is 13.9. The van der Waals surface area contributed by atoms with Gasteiger partial charge in [-0.05, 0) is 30.9 Å². The molecular weight excluding hydrogens is 246 g/mol. The van der Waals surface area contributed by atoms with Crippen molar-refractivity contribution in [2.45, 2.75) is 12.8 Å². The SMILES string of the molecule is CSCCCCNC(=O)c1ccnc(F)c1F. The number of nitrogens with zero attached hydrogens (tertiary/aromatic N) is 1. The van der Waals surface area contributed by atoms with E-state index in [1.54, 1.807) is 11.8 Å². The van der Waals surface area contributed by atoms with Crippen LogP contribution < -0.4 is 5.32 Å². The third-order valence-corrected chi connectivity index (χ3v) is 2.85. The second-order valence-corrected chi connectivity index (χ2v) is 4.40. The van der Waals surface area contributed by atoms with Gasteiger partial charge in [-0.1, -0.05) is 0 Å². The van der Waals surface area contributed by atoms with Gasteiger partial charge in [-0.25, -0.2) is 9.37 Å². The Kier molecular flexibility index (Phi) is 5.90. The molecule has 0 bridgehead atoms. The zero-order valence-corrected chi connectivity index (χ0v) is 10.3. The number of rotatable bonds is 6. The van der Waals surface area contributed by atoms with Crippen LogP contribution in [0.3, 0.4) is 0 Å². The second-order valence-electron chi connectivity index (χ2n) is 3.42. The minimum absolute atomic E-state index is 0.303. The highest BCUT2D eigenvalue weighted by molar-refractivity contribution is 7.98. The summed E-state index contributed by atoms with van der Waals surface area (Å²) in [5.74, 6) is -2.03. The van der Waals surface area contributed by atoms with Gasteiger partial charge in [0, 0.05) is 12.7 Å². The van der Waals surface area contributed by atoms with Crippen molar-refractivity contribution in [3.8, 4) is 0 Å². The molecule has 1 aromatic heterocycles. The highest BCUT2D eigenvalue weighted by Gasteiger charge is 2.15. The molecule has 1 heterocycles. The van der Waals surface area contributed by atoms with E-state index in [4.69, 9.17) is 0 Å². The molecule has 94 valence electrons. The molecule has 1 aromatic rings. The van der Waals surface area contributed by atoms with Gasteiger partial charge in [0.25, 0.3) is 5.91 Å². The third kappa shape index (κ3) is 4.30. The maximum Gasteiger partial charge on any atom is 0.254 e. The van der Waals surface area contributed by atoms with Gasteiger partial charge in [0.2, 0.25) is 5.95 Å². The quantitative estimate of drug-likeness (QED) is 0.630. The minimum atomic E-state index is -1.25. The number of carbonyl (C=O) groups excluding carboxylic acids is 1. The van der Waals surface area contributed by atoms with Crippen LogP contribution in [0.4, 0.5) is 8.78 Å². The molecule has 0 saturated carbocycles. The van der Waals surface area contributed by atoms with Gasteiger partial charge in [-0.3, -0.25) is 4.79 Å². The van der Waals surface area contributed by atoms with E-state index in [0.29, 0.717) is 6.54 Å². The lowest BCUT2D eigenvalue weighted by Gasteiger charge is -2.05. The number of unbranched alkanes of at least 4 members (excludes halogenated alkanes) is 1. The van der Waals surface area contributed by atoms with Crippen molar-refractivity contribution in [3.05, 3.63) is 29.6 Å². The highest BCUT2D eigenvalue weighted by atomic mass is 32.2. The molecule has 0 aliphatic carbocycles. The molecule has 0 aromatic carbocycles. The fraction of sp³-hybridized carbons (Fsp3) is 0.455. The molecule has 0 atom stereocenters. The van der Waals surface area contributed by atoms with Crippen LogP contribution in [0.1, 0.15) is 23.2 Å². The summed E-state index contributed by atoms with van der Waals surface area (Å²) in [5, 5.41) is 2.54. The molecule has 1 N–H and O–H groups in total. The first-order chi connectivity index (χ1) is 8.16. The van der Waals surface area contributed by atoms with Crippen LogP contribution in [-0.2, 0) is 0 Å². The Morgan fingerprint density at radius 1 is 1.47 bits per heavy atom. The number of nitrogens with one attached hydrogen (secondary N) is 1. The molecule has 0 fully saturated rings. The van der Waals surface area contributed by atoms with Crippen LogP contribution in [-0.4, -0.2) is 29.4 Å². The summed E-state index contributed by atoms with van der Waals surface area (Å²) in [6, 6.07) is 1.16. The fourth-order valence-corrected chi connectivity index (χ4v) is 1.75. The Morgan fingerprint density at radius 2 is 2.24 bits per heavy atom. The van der Waals surface area contributed by atoms with Crippen LogP contribution in [0.2, 0.25) is 0 Å². The van der Waals surface area contributed by atoms with Crippen molar-refractivity contribution in [2.24, 2.45) is 0 Å². The molecule has 1 amide bonds. The van der Waals surface area contributed by atoms with Crippen molar-refractivity contribution in [1.82, 2.24) is 10.3 Å². The number of hydrogen-bond acceptors (Lipinski definition) is 3. The van der Waals surface area contributed by atoms with Crippen LogP contribution in [0.5, 0.6) is 0 Å². The smallest absolute Gasteiger partial charge is 0.254 e. The van der Waals surface area contributed by atoms with E-state index in [0.717, 1.165) is 30.9 Å². The van der Waals surface area contributed by atoms with Crippen molar-refractivity contribution in [2.75, 3.05) is 18.6 Å². The molecule has 6 heteroatoms. The Bertz CT molecular complexity index is 388. The summed E-state index contributed by atoms with van der Waals surface area (Å²) in [5.41, 5.74) is -0.303. The van der Waals surface area contributed by atoms with Crippen LogP contribution in [0.15, 0.2) is 12.3 Å². The Morgan fingerprint density at radius 3 is 2.94 bits per heavy atom. The molecule has 0 aliphatic rings. The van der Waals surface area contributed by atoms with E-state index >= 15 is 0 Å². The normalized spacial score (nSPS) is 10.3. The van der Waals surface area contributed by atoms with E-state index in [1.807, 2.05) is 6.26 Å². The summed E-state index contributed by atoms with van der Waals surface area (Å²) in [6.45, 7) is 0.461. The maximum atomic E-state index is 13.2. The largest absolute Gasteiger partial charge is 0.352 e. The van der Waals surface area contributed by atoms with Gasteiger partial charge in [0.1, 0.15) is 0 Å². The molecule has 0 saturated heterocycles. The molecule has 3 nitrogen and oxygen atoms in total. The molecular formula is C11H14F2N2OS. The lowest BCUT2D eigenvalue weighted by molar-refractivity contribution is 0.0947. The van der Waals surface area contributed by atoms with E-state index in [9.17, 15) is 13.6 Å². The predicted octanol–water partition coefficient (Wildman–Crippen LogP) is 2.23. The predicted molar refractivity (Wildman–Crippen MR) is 64.1 cm³/mol. The Hall–Kier alpha value is -1.17. The van der Waals surface area contributed by atoms with E-state index in [-0.39, 0.29) is 5.56 Å². The average molecular weight is 260 g/mol. The topological polar surface area (TPSA) is 42.0 Å². The zero-order chi connectivity index (χ0) is 12.7. The Balaban J connectivity index is 2.44. The minimum Gasteiger partial charge on any atom is -0.352 e. The first-order valence-corrected chi connectivity index (χ1v) is 6.63. The zero-order valence-electron chi connectivity index (χ0n) is 9.50. The molecule has 0 radical (unpaired) electrons. The van der Waals surface area contributed by atoms with Crippen LogP contribution >= 0.6 is 11.8 Å². The number of halogens is 2. The Labute approximate surface area is 103 Å². The van der Waals surface area contributed by atoms with Gasteiger partial charge in [0.05, 0.1) is 5.56 Å². The van der Waals surface area contributed by atoms with Crippen molar-refractivity contribution in [3.63, 3.8) is 0 Å². The maximum absolute atomic E-state index is 13.2. The molecule has 0 spiro atoms. The van der Waals surface area contributed by atoms with Crippen molar-refractivity contribution < 1.29 is 13.6 Å². The lowest BCUT2D eigenvalue weighted by Crippen LogP contribution is -2.26. The standard InChI is InChI=1S/C11H14F2N2OS/c1-17-7-3-2-5-15-11(16)8-4-6-14-10(13)9(8)12/h4,6H,2-3,5,7H2,1H3,(H,15,16). The first-order valence-electron chi connectivity index (χ1n) is 5.24. The van der Waals surface area contributed by atoms with Gasteiger partial charge in [0.15, 0.2) is 5.82 Å². The number of pyridine rings is 1. The number of amides is 1. The number of carbonyl (C=O) groups is 1. The fourth-order valence-electron chi connectivity index (χ4n) is 1.26. The molecule has 1 rings (SSSR count). The molecule has 0 aliphatic heterocycles. The van der Waals surface area contributed by atoms with Crippen LogP contribution in [0.25, 0.3) is 0 Å². The van der Waals surface area contributed by atoms with E-state index < -0.39 is 17.7 Å². The number of thioether (sulfide) groups is 1. The third-order valence-electron chi connectivity index (χ3n) is 2.15. The summed E-state index contributed by atoms with van der Waals surface area (Å²) in [4.78, 5) is 14.6. The summed E-state index contributed by atoms with van der Waals surface area (Å²) in [7, 11) is 0. The van der Waals surface area contributed by atoms with Gasteiger partial charge < -0.3 is 5.32 Å². The van der Waals surface area contributed by atoms with E-state index in [2.05, 4.69) is 10.3 Å². The highest BCUT2D eigenvalue weighted by Crippen LogP contribution is 2.08. The lowest BCUT2D eigenvalue weighted by atomic mass is 10.2. The van der Waals surface area contributed by atoms with Crippen LogP contribution in [0, 0.1) is 11.8 Å². The monoisotopic (exact) mass is 260 g/mol. The van der Waals surface area contributed by atoms with Gasteiger partial charge in [-0.15, -0.1) is 0 Å². The summed E-state index contributed by atoms with van der Waals surface area (Å²) >= 11 is 1.73. The second kappa shape index (κ2) is 7.21. The molecule has 0 unspecified atom stereocenters. The summed E-state index contributed by atoms with van der Waals surface area (Å²) in [6.07, 6.45) is 4.88. The number of aromatic nitrogens is 1. The summed E-state index contributed by atoms with van der Waals surface area (Å²) < 4.78 is 25.9. The van der Waals surface area contributed by atoms with Crippen molar-refractivity contribution >= 4 is 17.7 Å². The number of hydrogen-bond donors (Lipinski definition) is 1. The average Bonchev–Trinajstić information content (AvgIpc) is 2.32. The van der Waals surface area contributed by atoms with Crippen molar-refractivity contribution in [1.29, 1.82) is 0 Å².